The number of allylic oxidation sites excluding steroid dienone is 1. The van der Waals surface area contributed by atoms with Crippen molar-refractivity contribution in [3.63, 3.8) is 0 Å². The number of aliphatic hydroxyl groups excluding tert-OH is 1. The molecule has 2 aliphatic heterocycles. The van der Waals surface area contributed by atoms with Gasteiger partial charge in [0, 0.05) is 83.2 Å². The molecule has 2 aromatic heterocycles. The summed E-state index contributed by atoms with van der Waals surface area (Å²) in [4.78, 5) is 34.2. The van der Waals surface area contributed by atoms with E-state index in [0.717, 1.165) is 97.7 Å². The molecule has 346 valence electrons. The highest BCUT2D eigenvalue weighted by Gasteiger charge is 2.29. The van der Waals surface area contributed by atoms with Gasteiger partial charge >= 0.3 is 0 Å². The van der Waals surface area contributed by atoms with Crippen LogP contribution in [0, 0.1) is 23.3 Å². The minimum Gasteiger partial charge on any atom is -0.394 e. The summed E-state index contributed by atoms with van der Waals surface area (Å²) in [5, 5.41) is 18.2. The van der Waals surface area contributed by atoms with Crippen molar-refractivity contribution in [2.75, 3.05) is 68.9 Å². The van der Waals surface area contributed by atoms with Gasteiger partial charge in [-0.1, -0.05) is 66.7 Å². The molecule has 0 radical (unpaired) electrons. The van der Waals surface area contributed by atoms with Crippen LogP contribution in [0.4, 0.5) is 28.9 Å². The Balaban J connectivity index is 0.000000199. The van der Waals surface area contributed by atoms with Gasteiger partial charge in [-0.05, 0) is 54.7 Å². The summed E-state index contributed by atoms with van der Waals surface area (Å²) in [7, 11) is 0. The Morgan fingerprint density at radius 1 is 0.606 bits per heavy atom. The van der Waals surface area contributed by atoms with Gasteiger partial charge in [-0.15, -0.1) is 6.58 Å². The lowest BCUT2D eigenvalue weighted by Crippen LogP contribution is -2.55. The molecule has 0 amide bonds. The maximum Gasteiger partial charge on any atom is 0.273 e. The van der Waals surface area contributed by atoms with Gasteiger partial charge in [-0.25, -0.2) is 17.6 Å². The number of aromatic nitrogens is 4. The van der Waals surface area contributed by atoms with Gasteiger partial charge in [0.1, 0.15) is 23.3 Å². The zero-order valence-electron chi connectivity index (χ0n) is 36.6. The molecule has 0 spiro atoms. The van der Waals surface area contributed by atoms with E-state index in [-0.39, 0.29) is 30.1 Å². The van der Waals surface area contributed by atoms with E-state index in [0.29, 0.717) is 44.2 Å². The van der Waals surface area contributed by atoms with Crippen LogP contribution in [-0.2, 0) is 17.8 Å². The Morgan fingerprint density at radius 2 is 1.06 bits per heavy atom. The van der Waals surface area contributed by atoms with Crippen LogP contribution < -0.4 is 20.9 Å². The molecule has 2 unspecified atom stereocenters. The quantitative estimate of drug-likeness (QED) is 0.0635. The maximum absolute atomic E-state index is 13.7. The van der Waals surface area contributed by atoms with E-state index in [4.69, 9.17) is 4.74 Å². The van der Waals surface area contributed by atoms with Crippen molar-refractivity contribution in [2.45, 2.75) is 44.4 Å². The van der Waals surface area contributed by atoms with Gasteiger partial charge < -0.3 is 19.6 Å². The Hall–Kier alpha value is -6.46. The number of hydrogen-bond acceptors (Lipinski definition) is 10. The molecule has 4 aromatic carbocycles. The fourth-order valence-electron chi connectivity index (χ4n) is 8.32. The first kappa shape index (κ1) is 47.5. The molecule has 2 fully saturated rings. The second-order valence-corrected chi connectivity index (χ2v) is 16.4. The molecule has 2 saturated heterocycles. The third-order valence-electron chi connectivity index (χ3n) is 11.5. The second-order valence-electron chi connectivity index (χ2n) is 16.4. The van der Waals surface area contributed by atoms with Crippen molar-refractivity contribution in [1.82, 2.24) is 29.4 Å². The highest BCUT2D eigenvalue weighted by Crippen LogP contribution is 2.23. The zero-order valence-corrected chi connectivity index (χ0v) is 36.6. The number of rotatable bonds is 16. The summed E-state index contributed by atoms with van der Waals surface area (Å²) in [5.41, 5.74) is 2.83. The molecule has 0 bridgehead atoms. The smallest absolute Gasteiger partial charge is 0.273 e. The standard InChI is InChI=1S/C28H32F2N4O2.C22H22F2N4O2/c1-2-3-4-8-13-36-21-27-20-32(19-22-9-6-5-7-10-22)11-12-33(27)26-17-28(35)34(31-18-26)25-15-23(29)14-24(30)16-25;23-17-8-18(24)10-19(9-17)28-22(30)11-20(12-25-28)27-7-6-26(14-21(27)15-29)13-16-4-2-1-3-5-16/h2,5-7,9-10,14-18,27H,1,3-4,8,11-13,19-21H2;1-5,8-12,21,29H,6-7,13-15H2. The number of nitrogens with zero attached hydrogens (tertiary/aromatic N) is 8. The molecule has 0 aliphatic carbocycles. The Morgan fingerprint density at radius 3 is 1.50 bits per heavy atom. The molecule has 0 saturated carbocycles. The minimum atomic E-state index is -0.780. The number of halogens is 4. The zero-order chi connectivity index (χ0) is 46.4. The molecular weight excluding hydrogens is 853 g/mol. The van der Waals surface area contributed by atoms with E-state index < -0.39 is 34.4 Å². The number of hydrogen-bond donors (Lipinski definition) is 1. The largest absolute Gasteiger partial charge is 0.394 e. The molecule has 2 aliphatic rings. The van der Waals surface area contributed by atoms with E-state index in [1.807, 2.05) is 47.4 Å². The minimum absolute atomic E-state index is 0.0236. The lowest BCUT2D eigenvalue weighted by Gasteiger charge is -2.42. The third kappa shape index (κ3) is 12.9. The van der Waals surface area contributed by atoms with Gasteiger partial charge in [-0.3, -0.25) is 19.4 Å². The number of benzene rings is 4. The second kappa shape index (κ2) is 23.1. The van der Waals surface area contributed by atoms with Crippen LogP contribution in [0.3, 0.4) is 0 Å². The molecule has 66 heavy (non-hydrogen) atoms. The monoisotopic (exact) mass is 906 g/mol. The fourth-order valence-corrected chi connectivity index (χ4v) is 8.32. The van der Waals surface area contributed by atoms with E-state index in [2.05, 4.69) is 55.7 Å². The summed E-state index contributed by atoms with van der Waals surface area (Å²) < 4.78 is 62.3. The lowest BCUT2D eigenvalue weighted by atomic mass is 10.1. The van der Waals surface area contributed by atoms with Crippen molar-refractivity contribution in [3.05, 3.63) is 189 Å². The van der Waals surface area contributed by atoms with Crippen LogP contribution in [0.5, 0.6) is 0 Å². The SMILES string of the molecule is C=CCCCCOCC1CN(Cc2ccccc2)CCN1c1cnn(-c2cc(F)cc(F)c2)c(=O)c1.O=c1cc(N2CCN(Cc3ccccc3)CC2CO)cnn1-c1cc(F)cc(F)c1. The molecular formula is C50H54F4N8O4. The van der Waals surface area contributed by atoms with Gasteiger partial charge in [0.15, 0.2) is 0 Å². The first-order valence-corrected chi connectivity index (χ1v) is 22.0. The van der Waals surface area contributed by atoms with Crippen molar-refractivity contribution < 1.29 is 27.4 Å². The molecule has 6 aromatic rings. The summed E-state index contributed by atoms with van der Waals surface area (Å²) in [6, 6.07) is 28.9. The predicted octanol–water partition coefficient (Wildman–Crippen LogP) is 6.77. The van der Waals surface area contributed by atoms with Gasteiger partial charge in [0.25, 0.3) is 11.1 Å². The summed E-state index contributed by atoms with van der Waals surface area (Å²) in [6.45, 7) is 10.9. The Bertz CT molecular complexity index is 2600. The van der Waals surface area contributed by atoms with E-state index in [9.17, 15) is 32.3 Å². The number of piperazine rings is 2. The van der Waals surface area contributed by atoms with Crippen molar-refractivity contribution >= 4 is 11.4 Å². The molecule has 8 rings (SSSR count). The maximum atomic E-state index is 13.7. The number of unbranched alkanes of at least 4 members (excludes halogenated alkanes) is 2. The highest BCUT2D eigenvalue weighted by molar-refractivity contribution is 5.47. The summed E-state index contributed by atoms with van der Waals surface area (Å²) >= 11 is 0. The van der Waals surface area contributed by atoms with E-state index in [1.54, 1.807) is 6.20 Å². The Kier molecular flexibility index (Phi) is 16.6. The average molecular weight is 907 g/mol. The molecule has 2 atom stereocenters. The normalized spacial score (nSPS) is 16.7. The van der Waals surface area contributed by atoms with E-state index in [1.165, 1.54) is 29.5 Å². The molecule has 1 N–H and O–H groups in total. The highest BCUT2D eigenvalue weighted by atomic mass is 19.1. The molecule has 4 heterocycles. The van der Waals surface area contributed by atoms with Gasteiger partial charge in [-0.2, -0.15) is 19.6 Å². The van der Waals surface area contributed by atoms with Crippen molar-refractivity contribution in [1.29, 1.82) is 0 Å². The van der Waals surface area contributed by atoms with Crippen LogP contribution in [-0.4, -0.2) is 106 Å². The van der Waals surface area contributed by atoms with Crippen LogP contribution in [0.1, 0.15) is 30.4 Å². The first-order chi connectivity index (χ1) is 32.1. The molecule has 16 heteroatoms. The third-order valence-corrected chi connectivity index (χ3v) is 11.5. The molecule has 12 nitrogen and oxygen atoms in total. The lowest BCUT2D eigenvalue weighted by molar-refractivity contribution is 0.0895. The van der Waals surface area contributed by atoms with Crippen molar-refractivity contribution in [3.8, 4) is 11.4 Å². The van der Waals surface area contributed by atoms with E-state index >= 15 is 0 Å². The predicted molar refractivity (Wildman–Crippen MR) is 247 cm³/mol. The van der Waals surface area contributed by atoms with Crippen LogP contribution >= 0.6 is 0 Å². The Labute approximate surface area is 381 Å². The number of aliphatic hydroxyl groups is 1. The topological polar surface area (TPSA) is 112 Å². The fraction of sp³-hybridized carbons (Fsp3) is 0.320. The van der Waals surface area contributed by atoms with Gasteiger partial charge in [0.05, 0.1) is 60.4 Å². The van der Waals surface area contributed by atoms with Crippen LogP contribution in [0.25, 0.3) is 11.4 Å². The summed E-state index contributed by atoms with van der Waals surface area (Å²) in [5.74, 6) is -3.08. The van der Waals surface area contributed by atoms with Gasteiger partial charge in [0.2, 0.25) is 0 Å². The van der Waals surface area contributed by atoms with Crippen LogP contribution in [0.15, 0.2) is 144 Å². The van der Waals surface area contributed by atoms with Crippen molar-refractivity contribution in [2.24, 2.45) is 0 Å². The number of anilines is 2. The summed E-state index contributed by atoms with van der Waals surface area (Å²) in [6.07, 6.45) is 7.96. The van der Waals surface area contributed by atoms with Crippen LogP contribution in [0.2, 0.25) is 0 Å². The average Bonchev–Trinajstić information content (AvgIpc) is 3.30. The number of ether oxygens (including phenoxy) is 1. The first-order valence-electron chi connectivity index (χ1n) is 22.0.